The fraction of sp³-hybridized carbons (Fsp3) is 1.00. The van der Waals surface area contributed by atoms with Crippen LogP contribution in [0, 0.1) is 5.92 Å². The lowest BCUT2D eigenvalue weighted by atomic mass is 10.1. The standard InChI is InChI=1S/C8H16NO3P/c1-9(2)13(10)11-6-7-4-3-5-8(7)12-13/h7-8H,3-6H2,1-2H3. The molecule has 0 aromatic heterocycles. The fourth-order valence-electron chi connectivity index (χ4n) is 1.93. The summed E-state index contributed by atoms with van der Waals surface area (Å²) in [5.74, 6) is 0.474. The minimum Gasteiger partial charge on any atom is -0.296 e. The first-order valence-electron chi connectivity index (χ1n) is 4.72. The molecule has 2 rings (SSSR count). The molecule has 3 atom stereocenters. The van der Waals surface area contributed by atoms with Crippen LogP contribution in [0.1, 0.15) is 19.3 Å². The van der Waals surface area contributed by atoms with Crippen LogP contribution in [-0.2, 0) is 13.6 Å². The van der Waals surface area contributed by atoms with Gasteiger partial charge in [0, 0.05) is 5.92 Å². The number of nitrogens with zero attached hydrogens (tertiary/aromatic N) is 1. The van der Waals surface area contributed by atoms with Gasteiger partial charge in [-0.15, -0.1) is 0 Å². The second kappa shape index (κ2) is 3.35. The Hall–Kier alpha value is 0.110. The lowest BCUT2D eigenvalue weighted by Crippen LogP contribution is -2.31. The summed E-state index contributed by atoms with van der Waals surface area (Å²) in [6.45, 7) is 0.597. The summed E-state index contributed by atoms with van der Waals surface area (Å²) in [6, 6.07) is 0. The normalized spacial score (nSPS) is 45.2. The molecule has 0 amide bonds. The van der Waals surface area contributed by atoms with Crippen molar-refractivity contribution in [1.29, 1.82) is 0 Å². The summed E-state index contributed by atoms with van der Waals surface area (Å²) in [4.78, 5) is 0. The second-order valence-electron chi connectivity index (χ2n) is 3.95. The topological polar surface area (TPSA) is 38.8 Å². The van der Waals surface area contributed by atoms with Crippen molar-refractivity contribution in [3.8, 4) is 0 Å². The maximum absolute atomic E-state index is 12.0. The van der Waals surface area contributed by atoms with Crippen molar-refractivity contribution in [3.05, 3.63) is 0 Å². The van der Waals surface area contributed by atoms with Gasteiger partial charge < -0.3 is 0 Å². The Bertz CT molecular complexity index is 244. The largest absolute Gasteiger partial charge is 0.407 e. The molecule has 0 aromatic rings. The summed E-state index contributed by atoms with van der Waals surface area (Å²) in [5, 5.41) is 0. The number of rotatable bonds is 1. The predicted molar refractivity (Wildman–Crippen MR) is 49.5 cm³/mol. The van der Waals surface area contributed by atoms with E-state index in [1.165, 1.54) is 6.42 Å². The summed E-state index contributed by atoms with van der Waals surface area (Å²) in [6.07, 6.45) is 3.53. The van der Waals surface area contributed by atoms with Gasteiger partial charge in [0.1, 0.15) is 0 Å². The molecule has 0 spiro atoms. The highest BCUT2D eigenvalue weighted by molar-refractivity contribution is 7.51. The van der Waals surface area contributed by atoms with Gasteiger partial charge in [0.2, 0.25) is 0 Å². The predicted octanol–water partition coefficient (Wildman–Crippen LogP) is 1.87. The van der Waals surface area contributed by atoms with Crippen LogP contribution < -0.4 is 0 Å². The van der Waals surface area contributed by atoms with Gasteiger partial charge in [0.15, 0.2) is 0 Å². The van der Waals surface area contributed by atoms with Crippen LogP contribution in [0.25, 0.3) is 0 Å². The van der Waals surface area contributed by atoms with Crippen molar-refractivity contribution in [3.63, 3.8) is 0 Å². The van der Waals surface area contributed by atoms with Gasteiger partial charge >= 0.3 is 7.75 Å². The molecule has 1 aliphatic carbocycles. The Labute approximate surface area is 78.8 Å². The summed E-state index contributed by atoms with van der Waals surface area (Å²) in [7, 11) is 0.542. The highest BCUT2D eigenvalue weighted by Gasteiger charge is 2.43. The zero-order chi connectivity index (χ0) is 9.47. The lowest BCUT2D eigenvalue weighted by Gasteiger charge is -2.34. The molecule has 1 saturated heterocycles. The zero-order valence-corrected chi connectivity index (χ0v) is 9.00. The summed E-state index contributed by atoms with van der Waals surface area (Å²) in [5.41, 5.74) is 0. The van der Waals surface area contributed by atoms with Crippen molar-refractivity contribution in [2.24, 2.45) is 5.92 Å². The number of fused-ring (bicyclic) bond motifs is 1. The van der Waals surface area contributed by atoms with E-state index in [1.54, 1.807) is 18.8 Å². The number of hydrogen-bond donors (Lipinski definition) is 0. The van der Waals surface area contributed by atoms with Crippen LogP contribution in [0.15, 0.2) is 0 Å². The van der Waals surface area contributed by atoms with E-state index in [0.29, 0.717) is 12.5 Å². The van der Waals surface area contributed by atoms with E-state index in [-0.39, 0.29) is 6.10 Å². The lowest BCUT2D eigenvalue weighted by molar-refractivity contribution is 0.0285. The molecular weight excluding hydrogens is 189 g/mol. The molecule has 5 heteroatoms. The molecule has 0 bridgehead atoms. The highest BCUT2D eigenvalue weighted by Crippen LogP contribution is 2.57. The van der Waals surface area contributed by atoms with E-state index < -0.39 is 7.75 Å². The van der Waals surface area contributed by atoms with Crippen LogP contribution in [-0.4, -0.2) is 31.5 Å². The highest BCUT2D eigenvalue weighted by atomic mass is 31.2. The minimum absolute atomic E-state index is 0.169. The van der Waals surface area contributed by atoms with Crippen LogP contribution >= 0.6 is 7.75 Å². The molecule has 1 saturated carbocycles. The third-order valence-corrected chi connectivity index (χ3v) is 4.79. The molecule has 1 heterocycles. The first-order chi connectivity index (χ1) is 6.12. The third-order valence-electron chi connectivity index (χ3n) is 2.80. The van der Waals surface area contributed by atoms with Crippen molar-refractivity contribution >= 4 is 7.75 Å². The SMILES string of the molecule is CN(C)P1(=O)OCC2CCCC2O1. The average molecular weight is 205 g/mol. The summed E-state index contributed by atoms with van der Waals surface area (Å²) < 4.78 is 24.3. The van der Waals surface area contributed by atoms with Crippen LogP contribution in [0.4, 0.5) is 0 Å². The molecule has 4 nitrogen and oxygen atoms in total. The Morgan fingerprint density at radius 3 is 2.85 bits per heavy atom. The smallest absolute Gasteiger partial charge is 0.296 e. The van der Waals surface area contributed by atoms with Gasteiger partial charge in [-0.1, -0.05) is 6.42 Å². The summed E-state index contributed by atoms with van der Waals surface area (Å²) >= 11 is 0. The van der Waals surface area contributed by atoms with E-state index in [4.69, 9.17) is 9.05 Å². The first-order valence-corrected chi connectivity index (χ1v) is 6.22. The Kier molecular flexibility index (Phi) is 2.49. The van der Waals surface area contributed by atoms with Crippen molar-refractivity contribution in [2.45, 2.75) is 25.4 Å². The molecule has 3 unspecified atom stereocenters. The van der Waals surface area contributed by atoms with Gasteiger partial charge in [0.05, 0.1) is 12.7 Å². The molecule has 1 aliphatic heterocycles. The zero-order valence-electron chi connectivity index (χ0n) is 8.10. The van der Waals surface area contributed by atoms with Crippen LogP contribution in [0.3, 0.4) is 0 Å². The van der Waals surface area contributed by atoms with Crippen LogP contribution in [0.2, 0.25) is 0 Å². The molecule has 76 valence electrons. The monoisotopic (exact) mass is 205 g/mol. The van der Waals surface area contributed by atoms with Gasteiger partial charge in [-0.25, -0.2) is 9.24 Å². The molecule has 2 aliphatic rings. The molecule has 0 aromatic carbocycles. The van der Waals surface area contributed by atoms with Gasteiger partial charge in [0.25, 0.3) is 0 Å². The second-order valence-corrected chi connectivity index (χ2v) is 6.15. The van der Waals surface area contributed by atoms with E-state index in [9.17, 15) is 4.57 Å². The maximum atomic E-state index is 12.0. The van der Waals surface area contributed by atoms with Gasteiger partial charge in [-0.05, 0) is 26.9 Å². The Morgan fingerprint density at radius 2 is 2.15 bits per heavy atom. The Morgan fingerprint density at radius 1 is 1.38 bits per heavy atom. The van der Waals surface area contributed by atoms with Crippen molar-refractivity contribution in [2.75, 3.05) is 20.7 Å². The van der Waals surface area contributed by atoms with Crippen LogP contribution in [0.5, 0.6) is 0 Å². The fourth-order valence-corrected chi connectivity index (χ4v) is 3.41. The average Bonchev–Trinajstić information content (AvgIpc) is 2.50. The molecule has 0 N–H and O–H groups in total. The molecule has 0 radical (unpaired) electrons. The minimum atomic E-state index is -2.92. The van der Waals surface area contributed by atoms with E-state index in [2.05, 4.69) is 0 Å². The number of hydrogen-bond acceptors (Lipinski definition) is 3. The van der Waals surface area contributed by atoms with E-state index in [1.807, 2.05) is 0 Å². The van der Waals surface area contributed by atoms with Gasteiger partial charge in [-0.2, -0.15) is 0 Å². The first kappa shape index (κ1) is 9.66. The quantitative estimate of drug-likeness (QED) is 0.612. The van der Waals surface area contributed by atoms with E-state index in [0.717, 1.165) is 12.8 Å². The molecular formula is C8H16NO3P. The van der Waals surface area contributed by atoms with Crippen molar-refractivity contribution in [1.82, 2.24) is 4.67 Å². The molecule has 2 fully saturated rings. The maximum Gasteiger partial charge on any atom is 0.407 e. The van der Waals surface area contributed by atoms with Crippen molar-refractivity contribution < 1.29 is 13.6 Å². The third kappa shape index (κ3) is 1.68. The van der Waals surface area contributed by atoms with E-state index >= 15 is 0 Å². The Balaban J connectivity index is 2.08. The van der Waals surface area contributed by atoms with Gasteiger partial charge in [-0.3, -0.25) is 9.05 Å². The molecule has 13 heavy (non-hydrogen) atoms.